The van der Waals surface area contributed by atoms with Crippen LogP contribution in [0.3, 0.4) is 0 Å². The molecule has 13 heteroatoms. The Morgan fingerprint density at radius 3 is 1.54 bits per heavy atom. The molecule has 316 valence electrons. The van der Waals surface area contributed by atoms with E-state index in [1.807, 2.05) is 30.0 Å². The zero-order valence-corrected chi connectivity index (χ0v) is 37.9. The van der Waals surface area contributed by atoms with E-state index in [2.05, 4.69) is 111 Å². The second-order valence-electron chi connectivity index (χ2n) is 16.2. The third-order valence-electron chi connectivity index (χ3n) is 11.7. The Kier molecular flexibility index (Phi) is 14.8. The molecule has 2 fully saturated rings. The summed E-state index contributed by atoms with van der Waals surface area (Å²) in [5, 5.41) is 0. The van der Waals surface area contributed by atoms with E-state index in [0.717, 1.165) is 120 Å². The van der Waals surface area contributed by atoms with Gasteiger partial charge in [-0.1, -0.05) is 60.8 Å². The van der Waals surface area contributed by atoms with Crippen LogP contribution in [0, 0.1) is 0 Å². The summed E-state index contributed by atoms with van der Waals surface area (Å²) in [5.74, 6) is 0.247. The highest BCUT2D eigenvalue weighted by molar-refractivity contribution is 8.00. The molecule has 4 aliphatic rings. The van der Waals surface area contributed by atoms with Crippen LogP contribution in [-0.4, -0.2) is 145 Å². The van der Waals surface area contributed by atoms with Gasteiger partial charge in [0.2, 0.25) is 10.0 Å². The minimum absolute atomic E-state index is 0.247. The summed E-state index contributed by atoms with van der Waals surface area (Å²) in [6.07, 6.45) is 3.66. The van der Waals surface area contributed by atoms with Gasteiger partial charge in [0, 0.05) is 111 Å². The second kappa shape index (κ2) is 20.0. The van der Waals surface area contributed by atoms with Gasteiger partial charge in [0.1, 0.15) is 0 Å². The van der Waals surface area contributed by atoms with Crippen LogP contribution in [0.1, 0.15) is 43.0 Å². The summed E-state index contributed by atoms with van der Waals surface area (Å²) >= 11 is 3.52. The number of carbonyl (C=O) groups is 1. The smallest absolute Gasteiger partial charge is 0.242 e. The lowest BCUT2D eigenvalue weighted by atomic mass is 10.1. The van der Waals surface area contributed by atoms with Gasteiger partial charge >= 0.3 is 0 Å². The van der Waals surface area contributed by atoms with Gasteiger partial charge in [-0.25, -0.2) is 12.7 Å². The van der Waals surface area contributed by atoms with E-state index in [4.69, 9.17) is 0 Å². The van der Waals surface area contributed by atoms with Gasteiger partial charge in [-0.15, -0.1) is 0 Å². The molecule has 0 unspecified atom stereocenters. The van der Waals surface area contributed by atoms with Crippen LogP contribution in [-0.2, 0) is 10.0 Å². The van der Waals surface area contributed by atoms with Crippen molar-refractivity contribution in [1.82, 2.24) is 23.9 Å². The van der Waals surface area contributed by atoms with Gasteiger partial charge < -0.3 is 29.4 Å². The number of para-hydroxylation sites is 2. The molecule has 10 nitrogen and oxygen atoms in total. The van der Waals surface area contributed by atoms with Crippen LogP contribution in [0.15, 0.2) is 109 Å². The Bertz CT molecular complexity index is 2170. The molecule has 4 aromatic carbocycles. The monoisotopic (exact) mass is 855 g/mol. The molecule has 0 amide bonds. The van der Waals surface area contributed by atoms with Gasteiger partial charge in [-0.05, 0) is 101 Å². The number of piperazine rings is 2. The molecule has 59 heavy (non-hydrogen) atoms. The molecule has 4 aromatic rings. The van der Waals surface area contributed by atoms with Crippen LogP contribution < -0.4 is 9.80 Å². The summed E-state index contributed by atoms with van der Waals surface area (Å²) in [4.78, 5) is 32.3. The molecular formula is C46H61N7O3S3. The Balaban J connectivity index is 0.000000179. The fraction of sp³-hybridized carbons (Fsp3) is 0.457. The summed E-state index contributed by atoms with van der Waals surface area (Å²) in [5.41, 5.74) is 5.44. The number of hydrogen-bond acceptors (Lipinski definition) is 11. The predicted octanol–water partition coefficient (Wildman–Crippen LogP) is 8.09. The van der Waals surface area contributed by atoms with Gasteiger partial charge in [0.05, 0.1) is 27.6 Å². The van der Waals surface area contributed by atoms with Crippen molar-refractivity contribution in [3.63, 3.8) is 0 Å². The zero-order chi connectivity index (χ0) is 41.5. The number of benzene rings is 4. The molecule has 0 spiro atoms. The van der Waals surface area contributed by atoms with Crippen molar-refractivity contribution in [1.29, 1.82) is 0 Å². The molecule has 0 atom stereocenters. The van der Waals surface area contributed by atoms with Crippen molar-refractivity contribution in [3.8, 4) is 0 Å². The van der Waals surface area contributed by atoms with Crippen LogP contribution in [0.25, 0.3) is 0 Å². The van der Waals surface area contributed by atoms with Crippen molar-refractivity contribution in [3.05, 3.63) is 90.5 Å². The molecular weight excluding hydrogens is 795 g/mol. The first-order valence-corrected chi connectivity index (χ1v) is 24.2. The number of rotatable bonds is 13. The number of carbonyl (C=O) groups excluding carboxylic acids is 1. The fourth-order valence-electron chi connectivity index (χ4n) is 8.08. The fourth-order valence-corrected chi connectivity index (χ4v) is 11.2. The topological polar surface area (TPSA) is 73.9 Å². The number of hydrogen-bond donors (Lipinski definition) is 0. The molecule has 4 aliphatic heterocycles. The van der Waals surface area contributed by atoms with Crippen LogP contribution in [0.5, 0.6) is 0 Å². The molecule has 0 saturated carbocycles. The summed E-state index contributed by atoms with van der Waals surface area (Å²) in [6.45, 7) is 15.2. The van der Waals surface area contributed by atoms with Gasteiger partial charge in [-0.2, -0.15) is 0 Å². The van der Waals surface area contributed by atoms with Gasteiger partial charge in [0.15, 0.2) is 5.78 Å². The number of likely N-dealkylation sites (N-methyl/N-ethyl adjacent to an activating group) is 2. The van der Waals surface area contributed by atoms with Crippen molar-refractivity contribution >= 4 is 62.1 Å². The minimum Gasteiger partial charge on any atom is -0.340 e. The van der Waals surface area contributed by atoms with E-state index in [1.54, 1.807) is 31.9 Å². The quantitative estimate of drug-likeness (QED) is 0.123. The van der Waals surface area contributed by atoms with E-state index >= 15 is 0 Å². The summed E-state index contributed by atoms with van der Waals surface area (Å²) in [7, 11) is 4.06. The number of sulfonamides is 1. The van der Waals surface area contributed by atoms with Crippen molar-refractivity contribution in [2.45, 2.75) is 57.1 Å². The molecule has 0 bridgehead atoms. The molecule has 8 rings (SSSR count). The summed E-state index contributed by atoms with van der Waals surface area (Å²) in [6, 6.07) is 28.8. The van der Waals surface area contributed by atoms with Gasteiger partial charge in [-0.3, -0.25) is 4.79 Å². The Labute approximate surface area is 361 Å². The second-order valence-corrected chi connectivity index (χ2v) is 20.5. The number of anilines is 4. The number of Topliss-reactive ketones (excluding diaryl/α,β-unsaturated/α-hetero) is 1. The van der Waals surface area contributed by atoms with Crippen molar-refractivity contribution < 1.29 is 13.2 Å². The highest BCUT2D eigenvalue weighted by Gasteiger charge is 2.28. The highest BCUT2D eigenvalue weighted by atomic mass is 32.2. The maximum absolute atomic E-state index is 12.7. The van der Waals surface area contributed by atoms with E-state index < -0.39 is 10.0 Å². The standard InChI is InChI=1S/C24H31N3OS.C22H30N4O2S2/c1-3-7-22(28)19-10-11-24-21(18-19)27(20-8-4-5-9-23(20)29-24)13-6-12-26-16-14-25(2)15-17-26;1-23(2)30(27,28)18-9-10-22-20(17-18)26(19-7-4-5-8-21(19)29-22)12-6-11-25-15-13-24(3)14-16-25/h4-5,8-11,18H,3,6-7,12-17H2,1-2H3;4-5,7-10,17H,6,11-16H2,1-3H3. The SMILES string of the molecule is CCCC(=O)c1ccc2c(c1)N(CCCN1CCN(C)CC1)c1ccccc1S2.CN1CCN(CCCN2c3ccccc3Sc3ccc(S(=O)(=O)N(C)C)cc32)CC1. The lowest BCUT2D eigenvalue weighted by molar-refractivity contribution is 0.0981. The van der Waals surface area contributed by atoms with Crippen LogP contribution in [0.4, 0.5) is 22.7 Å². The highest BCUT2D eigenvalue weighted by Crippen LogP contribution is 2.50. The number of nitrogens with zero attached hydrogens (tertiary/aromatic N) is 7. The van der Waals surface area contributed by atoms with Gasteiger partial charge in [0.25, 0.3) is 0 Å². The average molecular weight is 856 g/mol. The summed E-state index contributed by atoms with van der Waals surface area (Å²) < 4.78 is 26.7. The lowest BCUT2D eigenvalue weighted by Gasteiger charge is -2.35. The average Bonchev–Trinajstić information content (AvgIpc) is 3.24. The van der Waals surface area contributed by atoms with Crippen LogP contribution in [0.2, 0.25) is 0 Å². The molecule has 0 radical (unpaired) electrons. The largest absolute Gasteiger partial charge is 0.340 e. The Morgan fingerprint density at radius 2 is 1.05 bits per heavy atom. The molecule has 4 heterocycles. The first-order valence-electron chi connectivity index (χ1n) is 21.2. The normalized spacial score (nSPS) is 17.5. The molecule has 2 saturated heterocycles. The number of fused-ring (bicyclic) bond motifs is 4. The lowest BCUT2D eigenvalue weighted by Crippen LogP contribution is -2.45. The van der Waals surface area contributed by atoms with E-state index in [0.29, 0.717) is 11.3 Å². The number of ketones is 1. The molecule has 0 aliphatic carbocycles. The first kappa shape index (κ1) is 43.7. The van der Waals surface area contributed by atoms with E-state index in [9.17, 15) is 13.2 Å². The molecule has 0 aromatic heterocycles. The van der Waals surface area contributed by atoms with E-state index in [1.165, 1.54) is 30.4 Å². The van der Waals surface area contributed by atoms with Crippen LogP contribution >= 0.6 is 23.5 Å². The zero-order valence-electron chi connectivity index (χ0n) is 35.5. The third kappa shape index (κ3) is 10.6. The Morgan fingerprint density at radius 1 is 0.593 bits per heavy atom. The third-order valence-corrected chi connectivity index (χ3v) is 15.8. The maximum atomic E-state index is 12.7. The predicted molar refractivity (Wildman–Crippen MR) is 245 cm³/mol. The first-order chi connectivity index (χ1) is 28.5. The van der Waals surface area contributed by atoms with E-state index in [-0.39, 0.29) is 5.78 Å². The Hall–Kier alpha value is -3.40. The maximum Gasteiger partial charge on any atom is 0.242 e. The minimum atomic E-state index is -3.47. The van der Waals surface area contributed by atoms with Crippen molar-refractivity contribution in [2.75, 3.05) is 117 Å². The molecule has 0 N–H and O–H groups in total. The van der Waals surface area contributed by atoms with Crippen molar-refractivity contribution in [2.24, 2.45) is 0 Å².